The molecule has 0 saturated heterocycles. The number of hydrogen-bond donors (Lipinski definition) is 2. The molecule has 1 amide bonds. The van der Waals surface area contributed by atoms with Crippen LogP contribution < -0.4 is 5.32 Å². The number of anilines is 1. The van der Waals surface area contributed by atoms with Gasteiger partial charge in [-0.3, -0.25) is 10.1 Å². The Bertz CT molecular complexity index is 833. The zero-order valence-corrected chi connectivity index (χ0v) is 15.5. The maximum atomic E-state index is 12.7. The molecule has 6 nitrogen and oxygen atoms in total. The summed E-state index contributed by atoms with van der Waals surface area (Å²) in [5, 5.41) is 18.1. The summed E-state index contributed by atoms with van der Waals surface area (Å²) in [5.74, 6) is 1.51. The van der Waals surface area contributed by atoms with Crippen molar-refractivity contribution < 1.29 is 9.90 Å². The fourth-order valence-electron chi connectivity index (χ4n) is 6.32. The fraction of sp³-hybridized carbons (Fsp3) is 0.571. The van der Waals surface area contributed by atoms with Gasteiger partial charge in [-0.2, -0.15) is 0 Å². The fourth-order valence-corrected chi connectivity index (χ4v) is 6.32. The summed E-state index contributed by atoms with van der Waals surface area (Å²) in [7, 11) is 0. The molecule has 1 aromatic heterocycles. The van der Waals surface area contributed by atoms with E-state index in [2.05, 4.69) is 15.4 Å². The van der Waals surface area contributed by atoms with Gasteiger partial charge in [0.1, 0.15) is 6.33 Å². The highest BCUT2D eigenvalue weighted by atomic mass is 16.3. The van der Waals surface area contributed by atoms with Gasteiger partial charge in [0.05, 0.1) is 12.1 Å². The van der Waals surface area contributed by atoms with Gasteiger partial charge in [0.2, 0.25) is 11.9 Å². The van der Waals surface area contributed by atoms with Gasteiger partial charge in [-0.15, -0.1) is 5.10 Å². The Morgan fingerprint density at radius 3 is 2.63 bits per heavy atom. The van der Waals surface area contributed by atoms with Crippen LogP contribution in [0.1, 0.15) is 50.5 Å². The average molecular weight is 366 g/mol. The number of aromatic nitrogens is 3. The second-order valence-electron chi connectivity index (χ2n) is 9.16. The normalized spacial score (nSPS) is 34.0. The molecule has 0 spiro atoms. The van der Waals surface area contributed by atoms with Gasteiger partial charge in [0.25, 0.3) is 0 Å². The zero-order valence-electron chi connectivity index (χ0n) is 15.5. The summed E-state index contributed by atoms with van der Waals surface area (Å²) < 4.78 is 1.73. The molecule has 4 fully saturated rings. The molecule has 1 heterocycles. The summed E-state index contributed by atoms with van der Waals surface area (Å²) in [5.41, 5.74) is 0.581. The highest BCUT2D eigenvalue weighted by Gasteiger charge is 2.57. The summed E-state index contributed by atoms with van der Waals surface area (Å²) in [4.78, 5) is 16.9. The van der Waals surface area contributed by atoms with Gasteiger partial charge in [-0.25, -0.2) is 9.67 Å². The summed E-state index contributed by atoms with van der Waals surface area (Å²) >= 11 is 0. The Hall–Kier alpha value is -2.21. The van der Waals surface area contributed by atoms with E-state index in [-0.39, 0.29) is 11.3 Å². The molecular weight excluding hydrogens is 340 g/mol. The number of nitrogens with one attached hydrogen (secondary N) is 1. The van der Waals surface area contributed by atoms with Crippen molar-refractivity contribution in [1.29, 1.82) is 0 Å². The third-order valence-electron chi connectivity index (χ3n) is 6.66. The number of hydrogen-bond acceptors (Lipinski definition) is 4. The van der Waals surface area contributed by atoms with Crippen LogP contribution in [0.15, 0.2) is 36.7 Å². The molecule has 4 saturated carbocycles. The lowest BCUT2D eigenvalue weighted by Gasteiger charge is -2.60. The average Bonchev–Trinajstić information content (AvgIpc) is 2.99. The van der Waals surface area contributed by atoms with Crippen molar-refractivity contribution in [3.8, 4) is 0 Å². The van der Waals surface area contributed by atoms with Crippen LogP contribution in [-0.2, 0) is 11.3 Å². The smallest absolute Gasteiger partial charge is 0.248 e. The predicted octanol–water partition coefficient (Wildman–Crippen LogP) is 2.99. The molecule has 2 atom stereocenters. The van der Waals surface area contributed by atoms with Gasteiger partial charge >= 0.3 is 0 Å². The number of rotatable bonds is 5. The third-order valence-corrected chi connectivity index (χ3v) is 6.66. The molecule has 1 aromatic carbocycles. The SMILES string of the molecule is O=C(CC12CC3CC(CC(O)(C3)C1)C2)Nc1ncn(Cc2ccccc2)n1. The van der Waals surface area contributed by atoms with E-state index >= 15 is 0 Å². The lowest BCUT2D eigenvalue weighted by atomic mass is 9.47. The Labute approximate surface area is 159 Å². The van der Waals surface area contributed by atoms with Crippen molar-refractivity contribution in [2.24, 2.45) is 17.3 Å². The molecular formula is C21H26N4O2. The standard InChI is InChI=1S/C21H26N4O2/c26-18(11-20-7-16-6-17(8-20)10-21(27,9-16)13-20)23-19-22-14-25(24-19)12-15-4-2-1-3-5-15/h1-5,14,16-17,27H,6-13H2,(H,23,24,26). The van der Waals surface area contributed by atoms with Gasteiger partial charge in [-0.05, 0) is 61.3 Å². The van der Waals surface area contributed by atoms with Crippen LogP contribution in [0.3, 0.4) is 0 Å². The van der Waals surface area contributed by atoms with Gasteiger partial charge in [0.15, 0.2) is 0 Å². The minimum atomic E-state index is -0.528. The molecule has 4 aliphatic carbocycles. The first-order valence-corrected chi connectivity index (χ1v) is 9.95. The number of aliphatic hydroxyl groups is 1. The quantitative estimate of drug-likeness (QED) is 0.852. The molecule has 142 valence electrons. The maximum Gasteiger partial charge on any atom is 0.248 e. The van der Waals surface area contributed by atoms with Crippen LogP contribution in [0.25, 0.3) is 0 Å². The Kier molecular flexibility index (Phi) is 3.86. The van der Waals surface area contributed by atoms with Crippen LogP contribution in [0.5, 0.6) is 0 Å². The molecule has 0 radical (unpaired) electrons. The van der Waals surface area contributed by atoms with E-state index < -0.39 is 5.60 Å². The first-order valence-electron chi connectivity index (χ1n) is 9.95. The number of amides is 1. The molecule has 0 aliphatic heterocycles. The zero-order chi connectivity index (χ0) is 18.5. The molecule has 2 unspecified atom stereocenters. The van der Waals surface area contributed by atoms with Gasteiger partial charge in [-0.1, -0.05) is 30.3 Å². The minimum Gasteiger partial charge on any atom is -0.390 e. The van der Waals surface area contributed by atoms with E-state index in [0.717, 1.165) is 37.7 Å². The molecule has 6 heteroatoms. The second-order valence-corrected chi connectivity index (χ2v) is 9.16. The molecule has 27 heavy (non-hydrogen) atoms. The van der Waals surface area contributed by atoms with E-state index in [9.17, 15) is 9.90 Å². The summed E-state index contributed by atoms with van der Waals surface area (Å²) in [6.07, 6.45) is 8.14. The topological polar surface area (TPSA) is 80.0 Å². The third kappa shape index (κ3) is 3.38. The highest BCUT2D eigenvalue weighted by molar-refractivity contribution is 5.89. The Balaban J connectivity index is 1.23. The van der Waals surface area contributed by atoms with Crippen molar-refractivity contribution in [1.82, 2.24) is 14.8 Å². The lowest BCUT2D eigenvalue weighted by Crippen LogP contribution is -2.56. The van der Waals surface area contributed by atoms with E-state index in [4.69, 9.17) is 0 Å². The van der Waals surface area contributed by atoms with E-state index in [1.54, 1.807) is 11.0 Å². The first-order chi connectivity index (χ1) is 13.0. The van der Waals surface area contributed by atoms with Crippen LogP contribution in [0, 0.1) is 17.3 Å². The van der Waals surface area contributed by atoms with Crippen LogP contribution >= 0.6 is 0 Å². The van der Waals surface area contributed by atoms with Crippen LogP contribution in [0.2, 0.25) is 0 Å². The van der Waals surface area contributed by atoms with Crippen molar-refractivity contribution in [3.63, 3.8) is 0 Å². The van der Waals surface area contributed by atoms with Crippen molar-refractivity contribution in [3.05, 3.63) is 42.2 Å². The van der Waals surface area contributed by atoms with Crippen molar-refractivity contribution in [2.75, 3.05) is 5.32 Å². The number of benzene rings is 1. The van der Waals surface area contributed by atoms with Crippen LogP contribution in [-0.4, -0.2) is 31.4 Å². The van der Waals surface area contributed by atoms with Crippen LogP contribution in [0.4, 0.5) is 5.95 Å². The maximum absolute atomic E-state index is 12.7. The van der Waals surface area contributed by atoms with E-state index in [1.807, 2.05) is 30.3 Å². The van der Waals surface area contributed by atoms with E-state index in [1.165, 1.54) is 6.42 Å². The van der Waals surface area contributed by atoms with E-state index in [0.29, 0.717) is 30.7 Å². The molecule has 4 aliphatic rings. The molecule has 2 N–H and O–H groups in total. The monoisotopic (exact) mass is 366 g/mol. The number of carbonyl (C=O) groups is 1. The molecule has 6 rings (SSSR count). The predicted molar refractivity (Wildman–Crippen MR) is 101 cm³/mol. The van der Waals surface area contributed by atoms with Gasteiger partial charge < -0.3 is 5.11 Å². The molecule has 4 bridgehead atoms. The largest absolute Gasteiger partial charge is 0.390 e. The first kappa shape index (κ1) is 16.9. The summed E-state index contributed by atoms with van der Waals surface area (Å²) in [6.45, 7) is 0.629. The van der Waals surface area contributed by atoms with Crippen molar-refractivity contribution in [2.45, 2.75) is 57.1 Å². The Morgan fingerprint density at radius 1 is 1.19 bits per heavy atom. The van der Waals surface area contributed by atoms with Crippen molar-refractivity contribution >= 4 is 11.9 Å². The molecule has 2 aromatic rings. The number of nitrogens with zero attached hydrogens (tertiary/aromatic N) is 3. The number of carbonyl (C=O) groups excluding carboxylic acids is 1. The summed E-state index contributed by atoms with van der Waals surface area (Å²) in [6, 6.07) is 10.1. The highest BCUT2D eigenvalue weighted by Crippen LogP contribution is 2.62. The Morgan fingerprint density at radius 2 is 1.93 bits per heavy atom. The second kappa shape index (κ2) is 6.16. The van der Waals surface area contributed by atoms with Gasteiger partial charge in [0, 0.05) is 6.42 Å². The minimum absolute atomic E-state index is 0.0296. The lowest BCUT2D eigenvalue weighted by molar-refractivity contribution is -0.167.